The topological polar surface area (TPSA) is 36.0 Å². The number of H-pyrrole nitrogens is 1. The van der Waals surface area contributed by atoms with E-state index < -0.39 is 5.60 Å². The molecule has 0 aliphatic heterocycles. The van der Waals surface area contributed by atoms with Gasteiger partial charge in [0.25, 0.3) is 0 Å². The number of nitrogens with one attached hydrogen (secondary N) is 1. The van der Waals surface area contributed by atoms with Gasteiger partial charge in [0.2, 0.25) is 0 Å². The van der Waals surface area contributed by atoms with Crippen LogP contribution < -0.4 is 0 Å². The monoisotopic (exact) mass is 203 g/mol. The van der Waals surface area contributed by atoms with Gasteiger partial charge in [0, 0.05) is 6.20 Å². The Kier molecular flexibility index (Phi) is 3.04. The van der Waals surface area contributed by atoms with Crippen LogP contribution in [0.4, 0.5) is 0 Å². The Morgan fingerprint density at radius 1 is 1.58 bits per heavy atom. The van der Waals surface area contributed by atoms with Crippen LogP contribution in [0.2, 0.25) is 0 Å². The van der Waals surface area contributed by atoms with Crippen molar-refractivity contribution in [1.29, 1.82) is 0 Å². The highest BCUT2D eigenvalue weighted by molar-refractivity contribution is 7.73. The van der Waals surface area contributed by atoms with E-state index in [1.165, 1.54) is 11.3 Å². The molecule has 1 rings (SSSR count). The molecule has 0 atom stereocenters. The van der Waals surface area contributed by atoms with Crippen LogP contribution in [0, 0.1) is 3.95 Å². The van der Waals surface area contributed by atoms with E-state index in [-0.39, 0.29) is 0 Å². The molecule has 0 aromatic carbocycles. The lowest BCUT2D eigenvalue weighted by Crippen LogP contribution is -2.21. The lowest BCUT2D eigenvalue weighted by Gasteiger charge is -2.22. The van der Waals surface area contributed by atoms with E-state index in [0.29, 0.717) is 0 Å². The van der Waals surface area contributed by atoms with Crippen LogP contribution in [0.3, 0.4) is 0 Å². The van der Waals surface area contributed by atoms with Gasteiger partial charge < -0.3 is 10.1 Å². The average molecular weight is 203 g/mol. The van der Waals surface area contributed by atoms with E-state index in [9.17, 15) is 5.11 Å². The van der Waals surface area contributed by atoms with Crippen molar-refractivity contribution in [2.24, 2.45) is 0 Å². The molecular formula is C8H13NOS2. The van der Waals surface area contributed by atoms with Crippen LogP contribution in [0.5, 0.6) is 0 Å². The summed E-state index contributed by atoms with van der Waals surface area (Å²) in [5, 5.41) is 10.1. The number of aromatic amines is 1. The maximum Gasteiger partial charge on any atom is 0.158 e. The van der Waals surface area contributed by atoms with E-state index in [0.717, 1.165) is 21.7 Å². The van der Waals surface area contributed by atoms with E-state index in [1.54, 1.807) is 6.20 Å². The predicted octanol–water partition coefficient (Wildman–Crippen LogP) is 2.81. The Morgan fingerprint density at radius 2 is 2.17 bits per heavy atom. The quantitative estimate of drug-likeness (QED) is 0.741. The summed E-state index contributed by atoms with van der Waals surface area (Å²) in [5.41, 5.74) is -0.682. The summed E-state index contributed by atoms with van der Waals surface area (Å²) in [6.45, 7) is 3.96. The zero-order chi connectivity index (χ0) is 9.19. The fraction of sp³-hybridized carbons (Fsp3) is 0.625. The first-order chi connectivity index (χ1) is 5.62. The van der Waals surface area contributed by atoms with Gasteiger partial charge in [-0.25, -0.2) is 0 Å². The summed E-state index contributed by atoms with van der Waals surface area (Å²) < 4.78 is 0.727. The van der Waals surface area contributed by atoms with Crippen molar-refractivity contribution in [3.05, 3.63) is 15.0 Å². The molecule has 1 heterocycles. The van der Waals surface area contributed by atoms with Gasteiger partial charge in [0.05, 0.1) is 10.5 Å². The van der Waals surface area contributed by atoms with Crippen molar-refractivity contribution in [3.63, 3.8) is 0 Å². The molecule has 1 aromatic rings. The molecule has 0 saturated carbocycles. The maximum absolute atomic E-state index is 10.1. The minimum absolute atomic E-state index is 0.682. The van der Waals surface area contributed by atoms with Crippen LogP contribution in [-0.4, -0.2) is 10.1 Å². The van der Waals surface area contributed by atoms with E-state index in [1.807, 2.05) is 13.8 Å². The highest BCUT2D eigenvalue weighted by atomic mass is 32.1. The molecule has 0 saturated heterocycles. The number of hydrogen-bond donors (Lipinski definition) is 2. The predicted molar refractivity (Wildman–Crippen MR) is 54.0 cm³/mol. The summed E-state index contributed by atoms with van der Waals surface area (Å²) in [7, 11) is 0. The van der Waals surface area contributed by atoms with Crippen molar-refractivity contribution in [1.82, 2.24) is 4.98 Å². The molecule has 1 aromatic heterocycles. The lowest BCUT2D eigenvalue weighted by atomic mass is 9.96. The first-order valence-electron chi connectivity index (χ1n) is 4.03. The van der Waals surface area contributed by atoms with Crippen LogP contribution >= 0.6 is 23.6 Å². The molecule has 12 heavy (non-hydrogen) atoms. The van der Waals surface area contributed by atoms with Crippen LogP contribution in [0.25, 0.3) is 0 Å². The van der Waals surface area contributed by atoms with E-state index >= 15 is 0 Å². The number of aliphatic hydroxyl groups is 1. The van der Waals surface area contributed by atoms with Gasteiger partial charge in [0.1, 0.15) is 0 Å². The second-order valence-electron chi connectivity index (χ2n) is 2.78. The third kappa shape index (κ3) is 1.76. The zero-order valence-electron chi connectivity index (χ0n) is 7.26. The third-order valence-corrected chi connectivity index (χ3v) is 3.54. The molecule has 4 heteroatoms. The molecule has 2 N–H and O–H groups in total. The lowest BCUT2D eigenvalue weighted by molar-refractivity contribution is 0.0319. The van der Waals surface area contributed by atoms with Gasteiger partial charge in [-0.1, -0.05) is 13.8 Å². The Morgan fingerprint density at radius 3 is 2.50 bits per heavy atom. The number of hydrogen-bond acceptors (Lipinski definition) is 3. The fourth-order valence-corrected chi connectivity index (χ4v) is 2.35. The van der Waals surface area contributed by atoms with E-state index in [4.69, 9.17) is 12.2 Å². The number of rotatable bonds is 3. The second kappa shape index (κ2) is 3.68. The standard InChI is InChI=1S/C8H13NOS2/c1-3-8(10,4-2)6-5-9-7(11)12-6/h5,10H,3-4H2,1-2H3,(H,9,11). The smallest absolute Gasteiger partial charge is 0.158 e. The van der Waals surface area contributed by atoms with Crippen molar-refractivity contribution in [2.75, 3.05) is 0 Å². The van der Waals surface area contributed by atoms with Gasteiger partial charge in [-0.15, -0.1) is 11.3 Å². The molecule has 0 amide bonds. The maximum atomic E-state index is 10.1. The molecule has 0 aliphatic carbocycles. The van der Waals surface area contributed by atoms with Crippen LogP contribution in [0.1, 0.15) is 31.6 Å². The van der Waals surface area contributed by atoms with Crippen molar-refractivity contribution in [2.45, 2.75) is 32.3 Å². The fourth-order valence-electron chi connectivity index (χ4n) is 1.11. The molecule has 68 valence electrons. The van der Waals surface area contributed by atoms with Gasteiger partial charge in [0.15, 0.2) is 3.95 Å². The zero-order valence-corrected chi connectivity index (χ0v) is 8.89. The van der Waals surface area contributed by atoms with Crippen molar-refractivity contribution in [3.8, 4) is 0 Å². The van der Waals surface area contributed by atoms with Gasteiger partial charge >= 0.3 is 0 Å². The van der Waals surface area contributed by atoms with Gasteiger partial charge in [-0.05, 0) is 25.1 Å². The number of aromatic nitrogens is 1. The highest BCUT2D eigenvalue weighted by Gasteiger charge is 2.26. The molecule has 0 bridgehead atoms. The Balaban J connectivity index is 3.02. The second-order valence-corrected chi connectivity index (χ2v) is 4.50. The molecule has 2 nitrogen and oxygen atoms in total. The average Bonchev–Trinajstić information content (AvgIpc) is 2.51. The molecule has 0 fully saturated rings. The first kappa shape index (κ1) is 9.89. The molecule has 0 spiro atoms. The van der Waals surface area contributed by atoms with Crippen molar-refractivity contribution >= 4 is 23.6 Å². The summed E-state index contributed by atoms with van der Waals surface area (Å²) >= 11 is 6.40. The van der Waals surface area contributed by atoms with Crippen molar-refractivity contribution < 1.29 is 5.11 Å². The van der Waals surface area contributed by atoms with Gasteiger partial charge in [-0.3, -0.25) is 0 Å². The van der Waals surface area contributed by atoms with Gasteiger partial charge in [-0.2, -0.15) is 0 Å². The minimum atomic E-state index is -0.682. The summed E-state index contributed by atoms with van der Waals surface area (Å²) in [4.78, 5) is 3.86. The first-order valence-corrected chi connectivity index (χ1v) is 5.26. The Bertz CT molecular complexity index is 298. The Hall–Kier alpha value is -0.190. The molecule has 0 radical (unpaired) electrons. The minimum Gasteiger partial charge on any atom is -0.384 e. The molecule has 0 aliphatic rings. The third-order valence-electron chi connectivity index (χ3n) is 2.15. The SMILES string of the molecule is CCC(O)(CC)c1c[nH]c(=S)s1. The summed E-state index contributed by atoms with van der Waals surface area (Å²) in [6, 6.07) is 0. The van der Waals surface area contributed by atoms with Crippen LogP contribution in [0.15, 0.2) is 6.20 Å². The largest absolute Gasteiger partial charge is 0.384 e. The highest BCUT2D eigenvalue weighted by Crippen LogP contribution is 2.31. The normalized spacial score (nSPS) is 11.9. The summed E-state index contributed by atoms with van der Waals surface area (Å²) in [6.07, 6.45) is 3.26. The van der Waals surface area contributed by atoms with E-state index in [2.05, 4.69) is 4.98 Å². The number of thiazole rings is 1. The van der Waals surface area contributed by atoms with Crippen LogP contribution in [-0.2, 0) is 5.60 Å². The molecule has 0 unspecified atom stereocenters. The molecular weight excluding hydrogens is 190 g/mol. The Labute approximate surface area is 81.3 Å². The summed E-state index contributed by atoms with van der Waals surface area (Å²) in [5.74, 6) is 0.